The van der Waals surface area contributed by atoms with Crippen molar-refractivity contribution < 1.29 is 0 Å². The summed E-state index contributed by atoms with van der Waals surface area (Å²) in [7, 11) is 0. The third-order valence-corrected chi connectivity index (χ3v) is 2.52. The molecular formula is C7H7BrN4O. The van der Waals surface area contributed by atoms with E-state index in [-0.39, 0.29) is 5.56 Å². The van der Waals surface area contributed by atoms with Crippen LogP contribution in [0.4, 0.5) is 0 Å². The molecule has 0 aliphatic rings. The molecule has 0 radical (unpaired) electrons. The Bertz CT molecular complexity index is 501. The van der Waals surface area contributed by atoms with Gasteiger partial charge in [-0.1, -0.05) is 0 Å². The smallest absolute Gasteiger partial charge is 0.263 e. The van der Waals surface area contributed by atoms with Crippen LogP contribution < -0.4 is 11.3 Å². The second-order valence-electron chi connectivity index (χ2n) is 2.56. The Balaban J connectivity index is 2.85. The van der Waals surface area contributed by atoms with Crippen LogP contribution in [0.2, 0.25) is 0 Å². The van der Waals surface area contributed by atoms with Crippen LogP contribution in [0.1, 0.15) is 5.69 Å². The summed E-state index contributed by atoms with van der Waals surface area (Å²) in [6.07, 6.45) is 0. The molecule has 2 rings (SSSR count). The van der Waals surface area contributed by atoms with Crippen molar-refractivity contribution in [3.63, 3.8) is 0 Å². The van der Waals surface area contributed by atoms with Crippen LogP contribution >= 0.6 is 15.9 Å². The van der Waals surface area contributed by atoms with Gasteiger partial charge in [0.2, 0.25) is 0 Å². The van der Waals surface area contributed by atoms with E-state index in [0.717, 1.165) is 5.69 Å². The number of fused-ring (bicyclic) bond motifs is 1. The molecule has 0 saturated heterocycles. The zero-order valence-corrected chi connectivity index (χ0v) is 8.21. The third kappa shape index (κ3) is 1.27. The molecular weight excluding hydrogens is 236 g/mol. The highest BCUT2D eigenvalue weighted by molar-refractivity contribution is 9.10. The fourth-order valence-corrected chi connectivity index (χ4v) is 1.63. The molecule has 0 saturated carbocycles. The molecule has 2 aromatic rings. The standard InChI is InChI=1S/C7H7BrN4O/c8-7-4(3-9)10-5-1-2-6(13)11-12(5)7/h1-2H,3,9H2,(H,11,13). The summed E-state index contributed by atoms with van der Waals surface area (Å²) in [6.45, 7) is 0.338. The first kappa shape index (κ1) is 8.46. The Morgan fingerprint density at radius 1 is 1.62 bits per heavy atom. The van der Waals surface area contributed by atoms with Gasteiger partial charge in [-0.05, 0) is 22.0 Å². The first-order chi connectivity index (χ1) is 6.22. The maximum atomic E-state index is 11.0. The SMILES string of the molecule is NCc1nc2ccc(=O)[nH]n2c1Br. The van der Waals surface area contributed by atoms with Crippen molar-refractivity contribution in [1.29, 1.82) is 0 Å². The molecule has 0 fully saturated rings. The predicted molar refractivity (Wildman–Crippen MR) is 51.4 cm³/mol. The highest BCUT2D eigenvalue weighted by atomic mass is 79.9. The number of hydrogen-bond donors (Lipinski definition) is 2. The van der Waals surface area contributed by atoms with E-state index in [2.05, 4.69) is 26.0 Å². The summed E-state index contributed by atoms with van der Waals surface area (Å²) in [5.41, 5.74) is 6.68. The third-order valence-electron chi connectivity index (χ3n) is 1.71. The van der Waals surface area contributed by atoms with Crippen LogP contribution in [0.25, 0.3) is 5.65 Å². The molecule has 5 nitrogen and oxygen atoms in total. The number of aromatic nitrogens is 3. The van der Waals surface area contributed by atoms with Gasteiger partial charge < -0.3 is 5.73 Å². The highest BCUT2D eigenvalue weighted by Gasteiger charge is 2.07. The fourth-order valence-electron chi connectivity index (χ4n) is 1.11. The number of hydrogen-bond acceptors (Lipinski definition) is 3. The van der Waals surface area contributed by atoms with E-state index < -0.39 is 0 Å². The van der Waals surface area contributed by atoms with Crippen LogP contribution in [-0.4, -0.2) is 14.6 Å². The monoisotopic (exact) mass is 242 g/mol. The van der Waals surface area contributed by atoms with E-state index >= 15 is 0 Å². The second-order valence-corrected chi connectivity index (χ2v) is 3.31. The van der Waals surface area contributed by atoms with Gasteiger partial charge in [0.05, 0.1) is 5.69 Å². The van der Waals surface area contributed by atoms with Crippen LogP contribution in [0.3, 0.4) is 0 Å². The molecule has 0 atom stereocenters. The Hall–Kier alpha value is -1.14. The Labute approximate surface area is 81.7 Å². The molecule has 0 amide bonds. The lowest BCUT2D eigenvalue weighted by molar-refractivity contribution is 0.878. The van der Waals surface area contributed by atoms with E-state index in [1.807, 2.05) is 0 Å². The van der Waals surface area contributed by atoms with Crippen molar-refractivity contribution in [2.45, 2.75) is 6.54 Å². The van der Waals surface area contributed by atoms with E-state index in [9.17, 15) is 4.79 Å². The largest absolute Gasteiger partial charge is 0.325 e. The summed E-state index contributed by atoms with van der Waals surface area (Å²) in [4.78, 5) is 15.2. The lowest BCUT2D eigenvalue weighted by Crippen LogP contribution is -2.08. The summed E-state index contributed by atoms with van der Waals surface area (Å²) in [5, 5.41) is 2.61. The first-order valence-electron chi connectivity index (χ1n) is 3.68. The number of nitrogens with two attached hydrogens (primary N) is 1. The van der Waals surface area contributed by atoms with Crippen LogP contribution in [0, 0.1) is 0 Å². The molecule has 13 heavy (non-hydrogen) atoms. The minimum atomic E-state index is -0.172. The van der Waals surface area contributed by atoms with Crippen molar-refractivity contribution in [3.8, 4) is 0 Å². The van der Waals surface area contributed by atoms with Crippen molar-refractivity contribution in [3.05, 3.63) is 32.8 Å². The Morgan fingerprint density at radius 2 is 2.38 bits per heavy atom. The minimum Gasteiger partial charge on any atom is -0.325 e. The van der Waals surface area contributed by atoms with E-state index in [1.54, 1.807) is 10.6 Å². The second kappa shape index (κ2) is 2.97. The van der Waals surface area contributed by atoms with E-state index in [0.29, 0.717) is 16.8 Å². The first-order valence-corrected chi connectivity index (χ1v) is 4.48. The fraction of sp³-hybridized carbons (Fsp3) is 0.143. The topological polar surface area (TPSA) is 76.2 Å². The van der Waals surface area contributed by atoms with Crippen LogP contribution in [-0.2, 0) is 6.54 Å². The van der Waals surface area contributed by atoms with Crippen molar-refractivity contribution >= 4 is 21.6 Å². The van der Waals surface area contributed by atoms with Crippen LogP contribution in [0.5, 0.6) is 0 Å². The molecule has 68 valence electrons. The number of nitrogens with zero attached hydrogens (tertiary/aromatic N) is 2. The molecule has 6 heteroatoms. The quantitative estimate of drug-likeness (QED) is 0.753. The zero-order chi connectivity index (χ0) is 9.42. The average molecular weight is 243 g/mol. The van der Waals surface area contributed by atoms with Gasteiger partial charge in [-0.3, -0.25) is 9.89 Å². The number of aromatic amines is 1. The van der Waals surface area contributed by atoms with Gasteiger partial charge in [0.15, 0.2) is 5.65 Å². The molecule has 0 spiro atoms. The normalized spacial score (nSPS) is 10.9. The van der Waals surface area contributed by atoms with E-state index in [1.165, 1.54) is 6.07 Å². The van der Waals surface area contributed by atoms with Crippen molar-refractivity contribution in [2.75, 3.05) is 0 Å². The molecule has 2 heterocycles. The van der Waals surface area contributed by atoms with Crippen molar-refractivity contribution in [2.24, 2.45) is 5.73 Å². The zero-order valence-electron chi connectivity index (χ0n) is 6.62. The predicted octanol–water partition coefficient (Wildman–Crippen LogP) is 0.244. The van der Waals surface area contributed by atoms with Gasteiger partial charge >= 0.3 is 0 Å². The summed E-state index contributed by atoms with van der Waals surface area (Å²) >= 11 is 3.30. The molecule has 2 aromatic heterocycles. The molecule has 0 aromatic carbocycles. The Kier molecular flexibility index (Phi) is 1.93. The summed E-state index contributed by atoms with van der Waals surface area (Å²) in [6, 6.07) is 3.07. The molecule has 0 aliphatic heterocycles. The average Bonchev–Trinajstić information content (AvgIpc) is 2.44. The van der Waals surface area contributed by atoms with Crippen LogP contribution in [0.15, 0.2) is 21.5 Å². The number of imidazole rings is 1. The van der Waals surface area contributed by atoms with Gasteiger partial charge in [0.1, 0.15) is 4.60 Å². The summed E-state index contributed by atoms with van der Waals surface area (Å²) in [5.74, 6) is 0. The molecule has 0 aliphatic carbocycles. The lowest BCUT2D eigenvalue weighted by Gasteiger charge is -1.92. The Morgan fingerprint density at radius 3 is 3.08 bits per heavy atom. The van der Waals surface area contributed by atoms with Gasteiger partial charge in [-0.15, -0.1) is 0 Å². The minimum absolute atomic E-state index is 0.172. The van der Waals surface area contributed by atoms with Crippen molar-refractivity contribution in [1.82, 2.24) is 14.6 Å². The van der Waals surface area contributed by atoms with Gasteiger partial charge in [-0.25, -0.2) is 9.50 Å². The lowest BCUT2D eigenvalue weighted by atomic mass is 10.5. The number of nitrogens with one attached hydrogen (secondary N) is 1. The maximum absolute atomic E-state index is 11.0. The highest BCUT2D eigenvalue weighted by Crippen LogP contribution is 2.15. The number of H-pyrrole nitrogens is 1. The number of halogens is 1. The molecule has 0 unspecified atom stereocenters. The van der Waals surface area contributed by atoms with Gasteiger partial charge in [0, 0.05) is 12.6 Å². The van der Waals surface area contributed by atoms with E-state index in [4.69, 9.17) is 5.73 Å². The summed E-state index contributed by atoms with van der Waals surface area (Å²) < 4.78 is 2.26. The number of rotatable bonds is 1. The van der Waals surface area contributed by atoms with Gasteiger partial charge in [-0.2, -0.15) is 0 Å². The molecule has 0 bridgehead atoms. The van der Waals surface area contributed by atoms with Gasteiger partial charge in [0.25, 0.3) is 5.56 Å². The maximum Gasteiger partial charge on any atom is 0.263 e. The molecule has 3 N–H and O–H groups in total.